The van der Waals surface area contributed by atoms with Crippen molar-refractivity contribution < 1.29 is 9.13 Å². The molecule has 2 fully saturated rings. The predicted octanol–water partition coefficient (Wildman–Crippen LogP) is 2.34. The topological polar surface area (TPSA) is 37.4 Å². The molecule has 1 aromatic heterocycles. The number of piperidine rings is 1. The Labute approximate surface area is 125 Å². The maximum absolute atomic E-state index is 13.4. The van der Waals surface area contributed by atoms with Crippen molar-refractivity contribution in [2.45, 2.75) is 50.7 Å². The Hall–Kier alpha value is -1.20. The number of ether oxygens (including phenoxy) is 1. The Morgan fingerprint density at radius 1 is 1.38 bits per heavy atom. The summed E-state index contributed by atoms with van der Waals surface area (Å²) in [6.07, 6.45) is 7.34. The highest BCUT2D eigenvalue weighted by Gasteiger charge is 2.22. The average Bonchev–Trinajstić information content (AvgIpc) is 3.30. The minimum Gasteiger partial charge on any atom is -0.476 e. The fourth-order valence-electron chi connectivity index (χ4n) is 2.80. The van der Waals surface area contributed by atoms with Gasteiger partial charge < -0.3 is 15.0 Å². The van der Waals surface area contributed by atoms with Gasteiger partial charge in [-0.3, -0.25) is 0 Å². The number of aromatic nitrogens is 1. The molecular weight excluding hydrogens is 269 g/mol. The van der Waals surface area contributed by atoms with Crippen LogP contribution in [0.5, 0.6) is 5.88 Å². The van der Waals surface area contributed by atoms with Gasteiger partial charge in [-0.05, 0) is 45.3 Å². The lowest BCUT2D eigenvalue weighted by Crippen LogP contribution is -2.40. The van der Waals surface area contributed by atoms with Crippen molar-refractivity contribution in [2.24, 2.45) is 0 Å². The van der Waals surface area contributed by atoms with E-state index in [0.29, 0.717) is 31.1 Å². The van der Waals surface area contributed by atoms with Crippen LogP contribution in [0.4, 0.5) is 4.39 Å². The molecule has 5 heteroatoms. The van der Waals surface area contributed by atoms with E-state index in [9.17, 15) is 4.39 Å². The van der Waals surface area contributed by atoms with Gasteiger partial charge in [0.2, 0.25) is 5.88 Å². The maximum Gasteiger partial charge on any atom is 0.218 e. The first-order valence-electron chi connectivity index (χ1n) is 7.93. The molecule has 1 unspecified atom stereocenters. The van der Waals surface area contributed by atoms with E-state index < -0.39 is 0 Å². The fraction of sp³-hybridized carbons (Fsp3) is 0.688. The van der Waals surface area contributed by atoms with Gasteiger partial charge in [0.1, 0.15) is 12.4 Å². The van der Waals surface area contributed by atoms with Crippen molar-refractivity contribution in [2.75, 3.05) is 20.2 Å². The molecule has 1 N–H and O–H groups in total. The zero-order valence-corrected chi connectivity index (χ0v) is 12.6. The van der Waals surface area contributed by atoms with Gasteiger partial charge in [-0.25, -0.2) is 9.37 Å². The molecule has 3 rings (SSSR count). The molecule has 116 valence electrons. The number of pyridine rings is 1. The van der Waals surface area contributed by atoms with Crippen LogP contribution in [0.1, 0.15) is 37.7 Å². The molecule has 1 aliphatic heterocycles. The molecule has 1 saturated heterocycles. The third-order valence-electron chi connectivity index (χ3n) is 4.38. The van der Waals surface area contributed by atoms with E-state index in [0.717, 1.165) is 18.5 Å². The highest BCUT2D eigenvalue weighted by atomic mass is 19.1. The Kier molecular flexibility index (Phi) is 4.70. The molecule has 2 heterocycles. The normalized spacial score (nSPS) is 23.2. The zero-order chi connectivity index (χ0) is 14.7. The molecule has 0 aromatic carbocycles. The SMILES string of the molecule is CN1CCCCC1COc1ncc(F)cc1CNC1CC1. The van der Waals surface area contributed by atoms with E-state index in [2.05, 4.69) is 22.2 Å². The standard InChI is InChI=1S/C16H24FN3O/c1-20-7-3-2-4-15(20)11-21-16-12(8-13(17)10-19-16)9-18-14-5-6-14/h8,10,14-15,18H,2-7,9,11H2,1H3. The van der Waals surface area contributed by atoms with Gasteiger partial charge in [-0.1, -0.05) is 6.42 Å². The second-order valence-electron chi connectivity index (χ2n) is 6.21. The molecular formula is C16H24FN3O. The van der Waals surface area contributed by atoms with E-state index in [1.54, 1.807) is 0 Å². The van der Waals surface area contributed by atoms with Crippen LogP contribution in [-0.2, 0) is 6.54 Å². The van der Waals surface area contributed by atoms with Crippen LogP contribution in [0.15, 0.2) is 12.3 Å². The first-order chi connectivity index (χ1) is 10.2. The van der Waals surface area contributed by atoms with Gasteiger partial charge in [-0.2, -0.15) is 0 Å². The highest BCUT2D eigenvalue weighted by Crippen LogP contribution is 2.23. The van der Waals surface area contributed by atoms with E-state index in [-0.39, 0.29) is 5.82 Å². The van der Waals surface area contributed by atoms with Crippen LogP contribution >= 0.6 is 0 Å². The zero-order valence-electron chi connectivity index (χ0n) is 12.6. The molecule has 21 heavy (non-hydrogen) atoms. The molecule has 0 spiro atoms. The largest absolute Gasteiger partial charge is 0.476 e. The summed E-state index contributed by atoms with van der Waals surface area (Å²) in [5, 5.41) is 3.39. The molecule has 1 aliphatic carbocycles. The minimum atomic E-state index is -0.301. The fourth-order valence-corrected chi connectivity index (χ4v) is 2.80. The second-order valence-corrected chi connectivity index (χ2v) is 6.21. The van der Waals surface area contributed by atoms with Crippen molar-refractivity contribution in [3.63, 3.8) is 0 Å². The van der Waals surface area contributed by atoms with Crippen molar-refractivity contribution >= 4 is 0 Å². The predicted molar refractivity (Wildman–Crippen MR) is 79.8 cm³/mol. The van der Waals surface area contributed by atoms with Crippen LogP contribution in [0.2, 0.25) is 0 Å². The Morgan fingerprint density at radius 3 is 3.00 bits per heavy atom. The van der Waals surface area contributed by atoms with Crippen LogP contribution in [-0.4, -0.2) is 42.2 Å². The van der Waals surface area contributed by atoms with Gasteiger partial charge in [0.05, 0.1) is 6.20 Å². The van der Waals surface area contributed by atoms with Crippen LogP contribution in [0.25, 0.3) is 0 Å². The lowest BCUT2D eigenvalue weighted by atomic mass is 10.0. The molecule has 2 aliphatic rings. The Balaban J connectivity index is 1.60. The van der Waals surface area contributed by atoms with Gasteiger partial charge in [-0.15, -0.1) is 0 Å². The first kappa shape index (κ1) is 14.7. The number of nitrogens with zero attached hydrogens (tertiary/aromatic N) is 2. The third-order valence-corrected chi connectivity index (χ3v) is 4.38. The summed E-state index contributed by atoms with van der Waals surface area (Å²) < 4.78 is 19.3. The molecule has 1 aromatic rings. The van der Waals surface area contributed by atoms with Crippen molar-refractivity contribution in [3.05, 3.63) is 23.6 Å². The van der Waals surface area contributed by atoms with Crippen molar-refractivity contribution in [1.82, 2.24) is 15.2 Å². The van der Waals surface area contributed by atoms with Gasteiger partial charge >= 0.3 is 0 Å². The summed E-state index contributed by atoms with van der Waals surface area (Å²) in [4.78, 5) is 6.47. The number of hydrogen-bond acceptors (Lipinski definition) is 4. The van der Waals surface area contributed by atoms with Crippen LogP contribution < -0.4 is 10.1 Å². The summed E-state index contributed by atoms with van der Waals surface area (Å²) in [5.41, 5.74) is 0.820. The smallest absolute Gasteiger partial charge is 0.218 e. The van der Waals surface area contributed by atoms with Crippen LogP contribution in [0.3, 0.4) is 0 Å². The lowest BCUT2D eigenvalue weighted by molar-refractivity contribution is 0.122. The van der Waals surface area contributed by atoms with Gasteiger partial charge in [0.25, 0.3) is 0 Å². The second kappa shape index (κ2) is 6.71. The Bertz CT molecular complexity index is 479. The summed E-state index contributed by atoms with van der Waals surface area (Å²) in [6.45, 7) is 2.39. The number of hydrogen-bond donors (Lipinski definition) is 1. The highest BCUT2D eigenvalue weighted by molar-refractivity contribution is 5.26. The van der Waals surface area contributed by atoms with Crippen molar-refractivity contribution in [1.29, 1.82) is 0 Å². The average molecular weight is 293 g/mol. The molecule has 1 saturated carbocycles. The maximum atomic E-state index is 13.4. The number of halogens is 1. The molecule has 1 atom stereocenters. The summed E-state index contributed by atoms with van der Waals surface area (Å²) in [7, 11) is 2.14. The monoisotopic (exact) mass is 293 g/mol. The summed E-state index contributed by atoms with van der Waals surface area (Å²) in [5.74, 6) is 0.272. The molecule has 0 radical (unpaired) electrons. The van der Waals surface area contributed by atoms with Crippen molar-refractivity contribution in [3.8, 4) is 5.88 Å². The number of likely N-dealkylation sites (N-methyl/N-ethyl adjacent to an activating group) is 1. The van der Waals surface area contributed by atoms with E-state index >= 15 is 0 Å². The minimum absolute atomic E-state index is 0.301. The number of nitrogens with one attached hydrogen (secondary N) is 1. The van der Waals surface area contributed by atoms with E-state index in [1.807, 2.05) is 0 Å². The molecule has 4 nitrogen and oxygen atoms in total. The summed E-state index contributed by atoms with van der Waals surface area (Å²) >= 11 is 0. The quantitative estimate of drug-likeness (QED) is 0.873. The lowest BCUT2D eigenvalue weighted by Gasteiger charge is -2.32. The number of likely N-dealkylation sites (tertiary alicyclic amines) is 1. The number of rotatable bonds is 6. The molecule has 0 amide bonds. The summed E-state index contributed by atoms with van der Waals surface area (Å²) in [6, 6.07) is 2.56. The first-order valence-corrected chi connectivity index (χ1v) is 7.93. The van der Waals surface area contributed by atoms with Gasteiger partial charge in [0, 0.05) is 24.2 Å². The van der Waals surface area contributed by atoms with Gasteiger partial charge in [0.15, 0.2) is 0 Å². The third kappa shape index (κ3) is 4.14. The molecule has 0 bridgehead atoms. The van der Waals surface area contributed by atoms with E-state index in [1.165, 1.54) is 37.9 Å². The van der Waals surface area contributed by atoms with Crippen LogP contribution in [0, 0.1) is 5.82 Å². The Morgan fingerprint density at radius 2 is 2.24 bits per heavy atom. The van der Waals surface area contributed by atoms with E-state index in [4.69, 9.17) is 4.74 Å².